The van der Waals surface area contributed by atoms with Crippen LogP contribution in [0.15, 0.2) is 16.7 Å². The lowest BCUT2D eigenvalue weighted by Gasteiger charge is -2.10. The molecule has 0 bridgehead atoms. The van der Waals surface area contributed by atoms with Crippen LogP contribution in [0.5, 0.6) is 0 Å². The number of aromatic nitrogens is 2. The van der Waals surface area contributed by atoms with Crippen molar-refractivity contribution in [3.63, 3.8) is 0 Å². The van der Waals surface area contributed by atoms with E-state index in [9.17, 15) is 0 Å². The third kappa shape index (κ3) is 2.34. The van der Waals surface area contributed by atoms with Gasteiger partial charge in [-0.05, 0) is 24.6 Å². The van der Waals surface area contributed by atoms with Crippen LogP contribution in [0.25, 0.3) is 0 Å². The number of rotatable bonds is 3. The van der Waals surface area contributed by atoms with Gasteiger partial charge in [-0.15, -0.1) is 0 Å². The number of furan rings is 1. The van der Waals surface area contributed by atoms with Crippen molar-refractivity contribution in [1.29, 1.82) is 0 Å². The molecule has 0 spiro atoms. The average Bonchev–Trinajstić information content (AvgIpc) is 2.78. The van der Waals surface area contributed by atoms with Gasteiger partial charge in [-0.25, -0.2) is 0 Å². The number of nitrogens with zero attached hydrogens (tertiary/aromatic N) is 2. The predicted molar refractivity (Wildman–Crippen MR) is 67.3 cm³/mol. The number of halogens is 2. The molecule has 2 aromatic heterocycles. The molecule has 0 aliphatic carbocycles. The van der Waals surface area contributed by atoms with E-state index in [1.807, 2.05) is 14.0 Å². The fourth-order valence-electron chi connectivity index (χ4n) is 1.79. The SMILES string of the molecule is Cc1nn(C)c(CC(N)c2ccoc2Cl)c1Cl. The van der Waals surface area contributed by atoms with Gasteiger partial charge in [0.1, 0.15) is 0 Å². The van der Waals surface area contributed by atoms with Crippen LogP contribution in [0.1, 0.15) is 23.0 Å². The second-order valence-electron chi connectivity index (χ2n) is 3.93. The van der Waals surface area contributed by atoms with Crippen molar-refractivity contribution >= 4 is 23.2 Å². The van der Waals surface area contributed by atoms with E-state index >= 15 is 0 Å². The third-order valence-electron chi connectivity index (χ3n) is 2.72. The summed E-state index contributed by atoms with van der Waals surface area (Å²) in [5.74, 6) is 0. The van der Waals surface area contributed by atoms with Gasteiger partial charge >= 0.3 is 0 Å². The standard InChI is InChI=1S/C11H13Cl2N3O/c1-6-10(12)9(16(2)15-6)5-8(14)7-3-4-17-11(7)13/h3-4,8H,5,14H2,1-2H3. The Kier molecular flexibility index (Phi) is 3.47. The smallest absolute Gasteiger partial charge is 0.197 e. The van der Waals surface area contributed by atoms with Gasteiger partial charge in [0.2, 0.25) is 0 Å². The summed E-state index contributed by atoms with van der Waals surface area (Å²) < 4.78 is 6.76. The van der Waals surface area contributed by atoms with E-state index in [4.69, 9.17) is 33.4 Å². The highest BCUT2D eigenvalue weighted by Crippen LogP contribution is 2.28. The maximum atomic E-state index is 6.16. The first-order valence-corrected chi connectivity index (χ1v) is 5.92. The lowest BCUT2D eigenvalue weighted by atomic mass is 10.1. The normalized spacial score (nSPS) is 13.0. The zero-order chi connectivity index (χ0) is 12.6. The van der Waals surface area contributed by atoms with Crippen LogP contribution >= 0.6 is 23.2 Å². The van der Waals surface area contributed by atoms with Gasteiger partial charge < -0.3 is 10.2 Å². The Labute approximate surface area is 109 Å². The van der Waals surface area contributed by atoms with Crippen LogP contribution in [0, 0.1) is 6.92 Å². The molecule has 0 radical (unpaired) electrons. The van der Waals surface area contributed by atoms with E-state index < -0.39 is 0 Å². The Bertz CT molecular complexity index is 533. The Morgan fingerprint density at radius 2 is 2.24 bits per heavy atom. The van der Waals surface area contributed by atoms with Crippen molar-refractivity contribution in [2.75, 3.05) is 0 Å². The van der Waals surface area contributed by atoms with Crippen molar-refractivity contribution in [2.45, 2.75) is 19.4 Å². The first-order chi connectivity index (χ1) is 8.00. The van der Waals surface area contributed by atoms with Gasteiger partial charge in [0.25, 0.3) is 0 Å². The highest BCUT2D eigenvalue weighted by molar-refractivity contribution is 6.32. The zero-order valence-corrected chi connectivity index (χ0v) is 11.1. The molecular formula is C11H13Cl2N3O. The maximum Gasteiger partial charge on any atom is 0.197 e. The molecule has 1 atom stereocenters. The summed E-state index contributed by atoms with van der Waals surface area (Å²) in [5.41, 5.74) is 8.55. The molecule has 6 heteroatoms. The molecule has 4 nitrogen and oxygen atoms in total. The summed E-state index contributed by atoms with van der Waals surface area (Å²) in [6.07, 6.45) is 2.09. The quantitative estimate of drug-likeness (QED) is 0.936. The number of aryl methyl sites for hydroxylation is 2. The Hall–Kier alpha value is -0.970. The van der Waals surface area contributed by atoms with Gasteiger partial charge in [0.05, 0.1) is 22.7 Å². The van der Waals surface area contributed by atoms with Crippen LogP contribution in [0.4, 0.5) is 0 Å². The number of hydrogen-bond acceptors (Lipinski definition) is 3. The van der Waals surface area contributed by atoms with Gasteiger partial charge in [-0.3, -0.25) is 4.68 Å². The molecule has 0 amide bonds. The summed E-state index contributed by atoms with van der Waals surface area (Å²) in [5, 5.41) is 5.22. The summed E-state index contributed by atoms with van der Waals surface area (Å²) in [4.78, 5) is 0. The van der Waals surface area contributed by atoms with Crippen LogP contribution in [-0.4, -0.2) is 9.78 Å². The van der Waals surface area contributed by atoms with Gasteiger partial charge in [0.15, 0.2) is 5.22 Å². The summed E-state index contributed by atoms with van der Waals surface area (Å²) in [6.45, 7) is 1.86. The molecule has 2 rings (SSSR count). The lowest BCUT2D eigenvalue weighted by Crippen LogP contribution is -2.15. The molecular weight excluding hydrogens is 261 g/mol. The summed E-state index contributed by atoms with van der Waals surface area (Å²) >= 11 is 12.0. The van der Waals surface area contributed by atoms with Crippen LogP contribution < -0.4 is 5.73 Å². The van der Waals surface area contributed by atoms with E-state index in [-0.39, 0.29) is 6.04 Å². The maximum absolute atomic E-state index is 6.16. The molecule has 17 heavy (non-hydrogen) atoms. The number of nitrogens with two attached hydrogens (primary N) is 1. The van der Waals surface area contributed by atoms with Gasteiger partial charge in [0, 0.05) is 25.1 Å². The second-order valence-corrected chi connectivity index (χ2v) is 4.65. The van der Waals surface area contributed by atoms with Crippen molar-refractivity contribution in [2.24, 2.45) is 12.8 Å². The van der Waals surface area contributed by atoms with E-state index in [2.05, 4.69) is 5.10 Å². The number of hydrogen-bond donors (Lipinski definition) is 1. The minimum Gasteiger partial charge on any atom is -0.453 e. The molecule has 2 N–H and O–H groups in total. The van der Waals surface area contributed by atoms with Crippen molar-refractivity contribution in [3.05, 3.63) is 39.5 Å². The highest BCUT2D eigenvalue weighted by Gasteiger charge is 2.18. The Balaban J connectivity index is 2.24. The van der Waals surface area contributed by atoms with Crippen molar-refractivity contribution < 1.29 is 4.42 Å². The van der Waals surface area contributed by atoms with Gasteiger partial charge in [-0.2, -0.15) is 5.10 Å². The average molecular weight is 274 g/mol. The fraction of sp³-hybridized carbons (Fsp3) is 0.364. The molecule has 92 valence electrons. The molecule has 0 aromatic carbocycles. The van der Waals surface area contributed by atoms with Gasteiger partial charge in [-0.1, -0.05) is 11.6 Å². The first kappa shape index (κ1) is 12.5. The van der Waals surface area contributed by atoms with E-state index in [0.29, 0.717) is 16.7 Å². The Morgan fingerprint density at radius 1 is 1.53 bits per heavy atom. The Morgan fingerprint density at radius 3 is 2.71 bits per heavy atom. The zero-order valence-electron chi connectivity index (χ0n) is 9.58. The third-order valence-corrected chi connectivity index (χ3v) is 3.52. The van der Waals surface area contributed by atoms with Crippen LogP contribution in [0.3, 0.4) is 0 Å². The van der Waals surface area contributed by atoms with E-state index in [1.165, 1.54) is 6.26 Å². The molecule has 1 unspecified atom stereocenters. The van der Waals surface area contributed by atoms with E-state index in [0.717, 1.165) is 17.0 Å². The largest absolute Gasteiger partial charge is 0.453 e. The highest BCUT2D eigenvalue weighted by atomic mass is 35.5. The fourth-order valence-corrected chi connectivity index (χ4v) is 2.28. The molecule has 0 aliphatic rings. The van der Waals surface area contributed by atoms with Crippen LogP contribution in [-0.2, 0) is 13.5 Å². The first-order valence-electron chi connectivity index (χ1n) is 5.17. The summed E-state index contributed by atoms with van der Waals surface area (Å²) in [7, 11) is 1.85. The minimum absolute atomic E-state index is 0.256. The molecule has 0 fully saturated rings. The summed E-state index contributed by atoms with van der Waals surface area (Å²) in [6, 6.07) is 1.51. The molecule has 0 saturated heterocycles. The molecule has 2 heterocycles. The second kappa shape index (κ2) is 4.72. The predicted octanol–water partition coefficient (Wildman–Crippen LogP) is 2.87. The lowest BCUT2D eigenvalue weighted by molar-refractivity contribution is 0.558. The monoisotopic (exact) mass is 273 g/mol. The molecule has 0 aliphatic heterocycles. The van der Waals surface area contributed by atoms with Crippen molar-refractivity contribution in [1.82, 2.24) is 9.78 Å². The minimum atomic E-state index is -0.256. The topological polar surface area (TPSA) is 57.0 Å². The van der Waals surface area contributed by atoms with Crippen molar-refractivity contribution in [3.8, 4) is 0 Å². The van der Waals surface area contributed by atoms with Crippen LogP contribution in [0.2, 0.25) is 10.2 Å². The van der Waals surface area contributed by atoms with E-state index in [1.54, 1.807) is 10.7 Å². The molecule has 0 saturated carbocycles. The molecule has 2 aromatic rings.